The summed E-state index contributed by atoms with van der Waals surface area (Å²) in [7, 11) is 0. The second-order valence-electron chi connectivity index (χ2n) is 4.95. The molecule has 0 bridgehead atoms. The van der Waals surface area contributed by atoms with Crippen LogP contribution in [0.2, 0.25) is 0 Å². The van der Waals surface area contributed by atoms with Gasteiger partial charge in [-0.05, 0) is 25.2 Å². The summed E-state index contributed by atoms with van der Waals surface area (Å²) < 4.78 is 9.93. The lowest BCUT2D eigenvalue weighted by Gasteiger charge is -2.08. The molecule has 0 spiro atoms. The van der Waals surface area contributed by atoms with Crippen LogP contribution >= 0.6 is 0 Å². The molecule has 0 unspecified atom stereocenters. The van der Waals surface area contributed by atoms with Gasteiger partial charge in [0.05, 0.1) is 13.2 Å². The summed E-state index contributed by atoms with van der Waals surface area (Å²) >= 11 is 0. The maximum atomic E-state index is 11.2. The first-order chi connectivity index (χ1) is 9.06. The summed E-state index contributed by atoms with van der Waals surface area (Å²) in [6.45, 7) is 7.48. The molecule has 0 rings (SSSR count). The highest BCUT2D eigenvalue weighted by atomic mass is 16.5. The number of ether oxygens (including phenoxy) is 2. The highest BCUT2D eigenvalue weighted by Crippen LogP contribution is 2.01. The molecule has 5 heteroatoms. The number of esters is 1. The molecule has 0 aliphatic carbocycles. The Hall–Kier alpha value is -1.26. The minimum absolute atomic E-state index is 0.133. The SMILES string of the molecule is CCCOC(=O)CCCCCNC(=O)OCC(C)C. The van der Waals surface area contributed by atoms with Crippen LogP contribution in [0.25, 0.3) is 0 Å². The first-order valence-corrected chi connectivity index (χ1v) is 7.12. The summed E-state index contributed by atoms with van der Waals surface area (Å²) in [4.78, 5) is 22.4. The van der Waals surface area contributed by atoms with Gasteiger partial charge in [-0.2, -0.15) is 0 Å². The Balaban J connectivity index is 3.31. The van der Waals surface area contributed by atoms with Crippen LogP contribution in [0.4, 0.5) is 4.79 Å². The van der Waals surface area contributed by atoms with Crippen LogP contribution in [0.5, 0.6) is 0 Å². The van der Waals surface area contributed by atoms with Crippen LogP contribution in [-0.4, -0.2) is 31.8 Å². The minimum atomic E-state index is -0.365. The lowest BCUT2D eigenvalue weighted by molar-refractivity contribution is -0.143. The third-order valence-electron chi connectivity index (χ3n) is 2.34. The summed E-state index contributed by atoms with van der Waals surface area (Å²) in [5.41, 5.74) is 0. The molecular formula is C14H27NO4. The molecule has 0 aromatic carbocycles. The van der Waals surface area contributed by atoms with Crippen LogP contribution in [0, 0.1) is 5.92 Å². The predicted octanol–water partition coefficient (Wildman–Crippen LogP) is 2.88. The molecule has 19 heavy (non-hydrogen) atoms. The van der Waals surface area contributed by atoms with Crippen molar-refractivity contribution >= 4 is 12.1 Å². The number of amides is 1. The predicted molar refractivity (Wildman–Crippen MR) is 73.9 cm³/mol. The minimum Gasteiger partial charge on any atom is -0.466 e. The number of hydrogen-bond acceptors (Lipinski definition) is 4. The highest BCUT2D eigenvalue weighted by molar-refractivity contribution is 5.69. The van der Waals surface area contributed by atoms with Crippen LogP contribution in [0.1, 0.15) is 52.9 Å². The Morgan fingerprint density at radius 3 is 2.47 bits per heavy atom. The maximum Gasteiger partial charge on any atom is 0.407 e. The van der Waals surface area contributed by atoms with Crippen molar-refractivity contribution in [3.8, 4) is 0 Å². The van der Waals surface area contributed by atoms with Crippen LogP contribution in [0.15, 0.2) is 0 Å². The fourth-order valence-electron chi connectivity index (χ4n) is 1.34. The monoisotopic (exact) mass is 273 g/mol. The zero-order valence-corrected chi connectivity index (χ0v) is 12.4. The highest BCUT2D eigenvalue weighted by Gasteiger charge is 2.04. The number of rotatable bonds is 10. The van der Waals surface area contributed by atoms with Gasteiger partial charge in [-0.25, -0.2) is 4.79 Å². The number of carbonyl (C=O) groups is 2. The summed E-state index contributed by atoms with van der Waals surface area (Å²) in [5.74, 6) is 0.214. The Morgan fingerprint density at radius 2 is 1.84 bits per heavy atom. The van der Waals surface area contributed by atoms with Crippen molar-refractivity contribution < 1.29 is 19.1 Å². The molecular weight excluding hydrogens is 246 g/mol. The molecule has 0 radical (unpaired) electrons. The van der Waals surface area contributed by atoms with Gasteiger partial charge >= 0.3 is 12.1 Å². The van der Waals surface area contributed by atoms with Crippen LogP contribution in [0.3, 0.4) is 0 Å². The fourth-order valence-corrected chi connectivity index (χ4v) is 1.34. The maximum absolute atomic E-state index is 11.2. The molecule has 0 aliphatic heterocycles. The van der Waals surface area contributed by atoms with Crippen molar-refractivity contribution in [3.63, 3.8) is 0 Å². The first kappa shape index (κ1) is 17.7. The van der Waals surface area contributed by atoms with Crippen molar-refractivity contribution in [2.24, 2.45) is 5.92 Å². The summed E-state index contributed by atoms with van der Waals surface area (Å²) in [6.07, 6.45) is 3.48. The first-order valence-electron chi connectivity index (χ1n) is 7.12. The van der Waals surface area contributed by atoms with Crippen LogP contribution < -0.4 is 5.32 Å². The third-order valence-corrected chi connectivity index (χ3v) is 2.34. The van der Waals surface area contributed by atoms with Gasteiger partial charge in [-0.1, -0.05) is 27.2 Å². The van der Waals surface area contributed by atoms with E-state index in [9.17, 15) is 9.59 Å². The molecule has 0 saturated carbocycles. The average molecular weight is 273 g/mol. The molecule has 112 valence electrons. The van der Waals surface area contributed by atoms with Gasteiger partial charge < -0.3 is 14.8 Å². The van der Waals surface area contributed by atoms with E-state index in [1.54, 1.807) is 0 Å². The topological polar surface area (TPSA) is 64.6 Å². The number of alkyl carbamates (subject to hydrolysis) is 1. The fraction of sp³-hybridized carbons (Fsp3) is 0.857. The van der Waals surface area contributed by atoms with Crippen molar-refractivity contribution in [2.75, 3.05) is 19.8 Å². The van der Waals surface area contributed by atoms with Crippen molar-refractivity contribution in [3.05, 3.63) is 0 Å². The van der Waals surface area contributed by atoms with E-state index in [1.807, 2.05) is 20.8 Å². The summed E-state index contributed by atoms with van der Waals surface area (Å²) in [5, 5.41) is 2.68. The van der Waals surface area contributed by atoms with E-state index in [0.29, 0.717) is 32.1 Å². The van der Waals surface area contributed by atoms with E-state index in [4.69, 9.17) is 9.47 Å². The molecule has 5 nitrogen and oxygen atoms in total. The van der Waals surface area contributed by atoms with Crippen molar-refractivity contribution in [1.82, 2.24) is 5.32 Å². The lowest BCUT2D eigenvalue weighted by atomic mass is 10.2. The summed E-state index contributed by atoms with van der Waals surface area (Å²) in [6, 6.07) is 0. The molecule has 1 amide bonds. The average Bonchev–Trinajstić information content (AvgIpc) is 2.37. The van der Waals surface area contributed by atoms with E-state index >= 15 is 0 Å². The quantitative estimate of drug-likeness (QED) is 0.491. The number of carbonyl (C=O) groups excluding carboxylic acids is 2. The Labute approximate surface area is 116 Å². The van der Waals surface area contributed by atoms with E-state index < -0.39 is 0 Å². The molecule has 0 heterocycles. The molecule has 0 aromatic heterocycles. The molecule has 0 aromatic rings. The van der Waals surface area contributed by atoms with E-state index in [-0.39, 0.29) is 12.1 Å². The van der Waals surface area contributed by atoms with Gasteiger partial charge in [0, 0.05) is 13.0 Å². The smallest absolute Gasteiger partial charge is 0.407 e. The number of unbranched alkanes of at least 4 members (excludes halogenated alkanes) is 2. The van der Waals surface area contributed by atoms with Gasteiger partial charge in [0.1, 0.15) is 0 Å². The van der Waals surface area contributed by atoms with Crippen molar-refractivity contribution in [1.29, 1.82) is 0 Å². The second kappa shape index (κ2) is 11.8. The molecule has 0 saturated heterocycles. The third kappa shape index (κ3) is 13.0. The standard InChI is InChI=1S/C14H27NO4/c1-4-10-18-13(16)8-6-5-7-9-15-14(17)19-11-12(2)3/h12H,4-11H2,1-3H3,(H,15,17). The largest absolute Gasteiger partial charge is 0.466 e. The Morgan fingerprint density at radius 1 is 1.11 bits per heavy atom. The Kier molecular flexibility index (Phi) is 11.0. The van der Waals surface area contributed by atoms with Gasteiger partial charge in [0.15, 0.2) is 0 Å². The van der Waals surface area contributed by atoms with Crippen molar-refractivity contribution in [2.45, 2.75) is 52.9 Å². The number of hydrogen-bond donors (Lipinski definition) is 1. The van der Waals surface area contributed by atoms with Gasteiger partial charge in [-0.15, -0.1) is 0 Å². The molecule has 0 aliphatic rings. The van der Waals surface area contributed by atoms with Gasteiger partial charge in [0.2, 0.25) is 0 Å². The van der Waals surface area contributed by atoms with Crippen LogP contribution in [-0.2, 0) is 14.3 Å². The van der Waals surface area contributed by atoms with E-state index in [0.717, 1.165) is 25.7 Å². The Bertz CT molecular complexity index is 254. The second-order valence-corrected chi connectivity index (χ2v) is 4.95. The van der Waals surface area contributed by atoms with E-state index in [2.05, 4.69) is 5.32 Å². The lowest BCUT2D eigenvalue weighted by Crippen LogP contribution is -2.26. The molecule has 0 fully saturated rings. The molecule has 0 atom stereocenters. The van der Waals surface area contributed by atoms with Gasteiger partial charge in [0.25, 0.3) is 0 Å². The molecule has 1 N–H and O–H groups in total. The van der Waals surface area contributed by atoms with E-state index in [1.165, 1.54) is 0 Å². The normalized spacial score (nSPS) is 10.3. The zero-order valence-electron chi connectivity index (χ0n) is 12.4. The van der Waals surface area contributed by atoms with Gasteiger partial charge in [-0.3, -0.25) is 4.79 Å². The number of nitrogens with one attached hydrogen (secondary N) is 1. The zero-order chi connectivity index (χ0) is 14.5.